The molecule has 0 saturated heterocycles. The third kappa shape index (κ3) is 2.89. The Morgan fingerprint density at radius 2 is 1.15 bits per heavy atom. The molecule has 0 aliphatic rings. The molecule has 0 radical (unpaired) electrons. The monoisotopic (exact) mass is 511 g/mol. The maximum atomic E-state index is 5.17. The second kappa shape index (κ2) is 7.98. The van der Waals surface area contributed by atoms with E-state index in [2.05, 4.69) is 87.8 Å². The third-order valence-electron chi connectivity index (χ3n) is 7.93. The average Bonchev–Trinajstić information content (AvgIpc) is 3.59. The molecule has 186 valence electrons. The largest absolute Gasteiger partial charge is 0.293 e. The molecule has 0 spiro atoms. The summed E-state index contributed by atoms with van der Waals surface area (Å²) in [5.74, 6) is 0.657. The molecule has 5 heteroatoms. The minimum Gasteiger partial charge on any atom is -0.293 e. The van der Waals surface area contributed by atoms with Gasteiger partial charge in [-0.1, -0.05) is 78.9 Å². The molecule has 5 aromatic heterocycles. The van der Waals surface area contributed by atoms with Gasteiger partial charge in [-0.05, 0) is 42.5 Å². The maximum Gasteiger partial charge on any atom is 0.235 e. The SMILES string of the molecule is c1ccc(-c2cc(-c3ccccc3)nc(-n3c4cccc5c4c4c3cccc4n3c5cc4cccnc43)n2)cc1. The van der Waals surface area contributed by atoms with Crippen molar-refractivity contribution in [1.82, 2.24) is 23.9 Å². The van der Waals surface area contributed by atoms with Crippen LogP contribution in [0.3, 0.4) is 0 Å². The van der Waals surface area contributed by atoms with Crippen LogP contribution in [0.15, 0.2) is 128 Å². The predicted octanol–water partition coefficient (Wildman–Crippen LogP) is 8.30. The fraction of sp³-hybridized carbons (Fsp3) is 0. The summed E-state index contributed by atoms with van der Waals surface area (Å²) in [4.78, 5) is 15.1. The van der Waals surface area contributed by atoms with E-state index in [1.807, 2.05) is 48.7 Å². The van der Waals surface area contributed by atoms with Gasteiger partial charge in [-0.15, -0.1) is 0 Å². The molecule has 0 amide bonds. The molecule has 9 rings (SSSR count). The van der Waals surface area contributed by atoms with Crippen molar-refractivity contribution in [3.8, 4) is 28.5 Å². The van der Waals surface area contributed by atoms with Crippen molar-refractivity contribution in [2.75, 3.05) is 0 Å². The first kappa shape index (κ1) is 21.4. The molecule has 40 heavy (non-hydrogen) atoms. The van der Waals surface area contributed by atoms with Crippen LogP contribution in [0.4, 0.5) is 0 Å². The summed E-state index contributed by atoms with van der Waals surface area (Å²) in [5.41, 5.74) is 9.32. The quantitative estimate of drug-likeness (QED) is 0.224. The van der Waals surface area contributed by atoms with E-state index in [9.17, 15) is 0 Å². The molecule has 5 heterocycles. The Hall–Kier alpha value is -5.55. The van der Waals surface area contributed by atoms with Crippen LogP contribution >= 0.6 is 0 Å². The highest BCUT2D eigenvalue weighted by molar-refractivity contribution is 6.27. The van der Waals surface area contributed by atoms with Crippen LogP contribution in [0.1, 0.15) is 0 Å². The lowest BCUT2D eigenvalue weighted by Crippen LogP contribution is -2.03. The Labute approximate surface area is 229 Å². The molecule has 0 fully saturated rings. The molecule has 0 saturated carbocycles. The number of hydrogen-bond acceptors (Lipinski definition) is 3. The zero-order valence-corrected chi connectivity index (χ0v) is 21.4. The Kier molecular flexibility index (Phi) is 4.27. The minimum atomic E-state index is 0.657. The zero-order valence-electron chi connectivity index (χ0n) is 21.4. The van der Waals surface area contributed by atoms with E-state index in [0.29, 0.717) is 5.95 Å². The van der Waals surface area contributed by atoms with E-state index in [1.165, 1.54) is 16.2 Å². The van der Waals surface area contributed by atoms with Crippen LogP contribution in [0.2, 0.25) is 0 Å². The summed E-state index contributed by atoms with van der Waals surface area (Å²) in [6.07, 6.45) is 1.87. The summed E-state index contributed by atoms with van der Waals surface area (Å²) in [5, 5.41) is 4.74. The van der Waals surface area contributed by atoms with Crippen LogP contribution in [0.25, 0.3) is 77.7 Å². The number of fused-ring (bicyclic) bond motifs is 5. The molecule has 0 aliphatic heterocycles. The highest BCUT2D eigenvalue weighted by Crippen LogP contribution is 2.42. The van der Waals surface area contributed by atoms with Crippen LogP contribution in [-0.2, 0) is 0 Å². The Morgan fingerprint density at radius 1 is 0.500 bits per heavy atom. The lowest BCUT2D eigenvalue weighted by atomic mass is 10.1. The first-order valence-electron chi connectivity index (χ1n) is 13.4. The van der Waals surface area contributed by atoms with E-state index in [0.717, 1.165) is 55.6 Å². The molecule has 5 nitrogen and oxygen atoms in total. The van der Waals surface area contributed by atoms with E-state index < -0.39 is 0 Å². The van der Waals surface area contributed by atoms with Gasteiger partial charge in [-0.25, -0.2) is 15.0 Å². The van der Waals surface area contributed by atoms with E-state index in [-0.39, 0.29) is 0 Å². The highest BCUT2D eigenvalue weighted by Gasteiger charge is 2.22. The summed E-state index contributed by atoms with van der Waals surface area (Å²) < 4.78 is 4.51. The van der Waals surface area contributed by atoms with E-state index >= 15 is 0 Å². The van der Waals surface area contributed by atoms with Crippen LogP contribution in [0, 0.1) is 0 Å². The predicted molar refractivity (Wildman–Crippen MR) is 162 cm³/mol. The van der Waals surface area contributed by atoms with Gasteiger partial charge in [0.2, 0.25) is 5.95 Å². The highest BCUT2D eigenvalue weighted by atomic mass is 15.2. The Balaban J connectivity index is 1.44. The van der Waals surface area contributed by atoms with Crippen molar-refractivity contribution in [3.63, 3.8) is 0 Å². The van der Waals surface area contributed by atoms with Gasteiger partial charge in [0.15, 0.2) is 0 Å². The molecule has 0 N–H and O–H groups in total. The van der Waals surface area contributed by atoms with Gasteiger partial charge in [-0.2, -0.15) is 0 Å². The van der Waals surface area contributed by atoms with Crippen molar-refractivity contribution in [1.29, 1.82) is 0 Å². The third-order valence-corrected chi connectivity index (χ3v) is 7.93. The fourth-order valence-corrected chi connectivity index (χ4v) is 6.23. The lowest BCUT2D eigenvalue weighted by Gasteiger charge is -2.11. The Morgan fingerprint density at radius 3 is 1.88 bits per heavy atom. The fourth-order valence-electron chi connectivity index (χ4n) is 6.23. The van der Waals surface area contributed by atoms with Gasteiger partial charge in [0.05, 0.1) is 33.5 Å². The molecule has 0 bridgehead atoms. The van der Waals surface area contributed by atoms with E-state index in [1.54, 1.807) is 0 Å². The standard InChI is InChI=1S/C35H21N5/c1-3-10-22(11-4-1)26-21-27(23-12-5-2-6-13-23)38-35(37-26)40-28-16-7-15-25-31-20-24-14-9-19-36-34(24)39(31)29-17-8-18-30(40)33(29)32(25)28/h1-21H. The maximum absolute atomic E-state index is 5.17. The van der Waals surface area contributed by atoms with Crippen molar-refractivity contribution in [3.05, 3.63) is 128 Å². The molecule has 4 aromatic carbocycles. The number of rotatable bonds is 3. The number of nitrogens with zero attached hydrogens (tertiary/aromatic N) is 5. The van der Waals surface area contributed by atoms with Gasteiger partial charge in [0.1, 0.15) is 5.65 Å². The topological polar surface area (TPSA) is 48.0 Å². The van der Waals surface area contributed by atoms with E-state index in [4.69, 9.17) is 15.0 Å². The molecular weight excluding hydrogens is 490 g/mol. The molecular formula is C35H21N5. The second-order valence-electron chi connectivity index (χ2n) is 10.2. The van der Waals surface area contributed by atoms with Gasteiger partial charge >= 0.3 is 0 Å². The molecule has 0 atom stereocenters. The Bertz CT molecular complexity index is 2310. The summed E-state index contributed by atoms with van der Waals surface area (Å²) >= 11 is 0. The van der Waals surface area contributed by atoms with Crippen molar-refractivity contribution < 1.29 is 0 Å². The van der Waals surface area contributed by atoms with Crippen LogP contribution in [0.5, 0.6) is 0 Å². The number of hydrogen-bond donors (Lipinski definition) is 0. The molecule has 0 aliphatic carbocycles. The molecule has 9 aromatic rings. The van der Waals surface area contributed by atoms with Gasteiger partial charge < -0.3 is 0 Å². The first-order chi connectivity index (χ1) is 19.8. The van der Waals surface area contributed by atoms with Gasteiger partial charge in [-0.3, -0.25) is 8.97 Å². The van der Waals surface area contributed by atoms with Crippen molar-refractivity contribution in [2.24, 2.45) is 0 Å². The average molecular weight is 512 g/mol. The van der Waals surface area contributed by atoms with Crippen LogP contribution < -0.4 is 0 Å². The van der Waals surface area contributed by atoms with Gasteiger partial charge in [0, 0.05) is 38.9 Å². The smallest absolute Gasteiger partial charge is 0.235 e. The minimum absolute atomic E-state index is 0.657. The van der Waals surface area contributed by atoms with Gasteiger partial charge in [0.25, 0.3) is 0 Å². The second-order valence-corrected chi connectivity index (χ2v) is 10.2. The number of pyridine rings is 2. The zero-order chi connectivity index (χ0) is 26.2. The lowest BCUT2D eigenvalue weighted by molar-refractivity contribution is 0.996. The molecule has 0 unspecified atom stereocenters. The number of aromatic nitrogens is 5. The normalized spacial score (nSPS) is 12.0. The summed E-state index contributed by atoms with van der Waals surface area (Å²) in [6.45, 7) is 0. The van der Waals surface area contributed by atoms with Crippen LogP contribution in [-0.4, -0.2) is 23.9 Å². The number of benzene rings is 4. The van der Waals surface area contributed by atoms with Crippen molar-refractivity contribution >= 4 is 49.3 Å². The summed E-state index contributed by atoms with van der Waals surface area (Å²) in [6, 6.07) is 42.1. The van der Waals surface area contributed by atoms with Crippen molar-refractivity contribution in [2.45, 2.75) is 0 Å². The first-order valence-corrected chi connectivity index (χ1v) is 13.4. The summed E-state index contributed by atoms with van der Waals surface area (Å²) in [7, 11) is 0.